The van der Waals surface area contributed by atoms with Gasteiger partial charge in [-0.3, -0.25) is 4.79 Å². The molecule has 1 aliphatic rings. The Morgan fingerprint density at radius 3 is 2.71 bits per heavy atom. The van der Waals surface area contributed by atoms with Gasteiger partial charge in [0.1, 0.15) is 6.04 Å². The average molecular weight is 198 g/mol. The summed E-state index contributed by atoms with van der Waals surface area (Å²) in [5, 5.41) is 2.68. The van der Waals surface area contributed by atoms with Gasteiger partial charge < -0.3 is 22.5 Å². The number of amides is 1. The SMILES string of the molecule is NC(N)=NC(N)=NC1CCCNC1=O. The van der Waals surface area contributed by atoms with Gasteiger partial charge in [0.15, 0.2) is 5.96 Å². The summed E-state index contributed by atoms with van der Waals surface area (Å²) in [6, 6.07) is -0.466. The van der Waals surface area contributed by atoms with Crippen LogP contribution in [-0.4, -0.2) is 30.4 Å². The molecule has 0 aliphatic carbocycles. The Bertz CT molecular complexity index is 280. The van der Waals surface area contributed by atoms with Crippen LogP contribution in [0.15, 0.2) is 9.98 Å². The van der Waals surface area contributed by atoms with Gasteiger partial charge in [-0.1, -0.05) is 0 Å². The molecule has 1 aliphatic heterocycles. The van der Waals surface area contributed by atoms with Gasteiger partial charge in [-0.05, 0) is 12.8 Å². The Labute approximate surface area is 81.4 Å². The van der Waals surface area contributed by atoms with Crippen molar-refractivity contribution in [2.75, 3.05) is 6.54 Å². The van der Waals surface area contributed by atoms with Crippen molar-refractivity contribution in [3.8, 4) is 0 Å². The Kier molecular flexibility index (Phi) is 3.27. The van der Waals surface area contributed by atoms with Crippen molar-refractivity contribution in [3.63, 3.8) is 0 Å². The summed E-state index contributed by atoms with van der Waals surface area (Å²) >= 11 is 0. The normalized spacial score (nSPS) is 22.7. The van der Waals surface area contributed by atoms with Gasteiger partial charge in [-0.2, -0.15) is 4.99 Å². The molecule has 7 nitrogen and oxygen atoms in total. The first-order valence-corrected chi connectivity index (χ1v) is 4.30. The minimum absolute atomic E-state index is 0.0629. The van der Waals surface area contributed by atoms with Crippen LogP contribution in [0.2, 0.25) is 0 Å². The van der Waals surface area contributed by atoms with E-state index in [2.05, 4.69) is 15.3 Å². The van der Waals surface area contributed by atoms with Gasteiger partial charge in [0, 0.05) is 6.54 Å². The molecule has 14 heavy (non-hydrogen) atoms. The largest absolute Gasteiger partial charge is 0.370 e. The smallest absolute Gasteiger partial charge is 0.244 e. The van der Waals surface area contributed by atoms with Crippen LogP contribution in [0.1, 0.15) is 12.8 Å². The summed E-state index contributed by atoms with van der Waals surface area (Å²) in [6.07, 6.45) is 1.56. The zero-order valence-corrected chi connectivity index (χ0v) is 7.73. The highest BCUT2D eigenvalue weighted by molar-refractivity contribution is 5.94. The van der Waals surface area contributed by atoms with E-state index in [1.54, 1.807) is 0 Å². The molecule has 1 unspecified atom stereocenters. The second kappa shape index (κ2) is 4.45. The molecule has 78 valence electrons. The van der Waals surface area contributed by atoms with Crippen LogP contribution < -0.4 is 22.5 Å². The van der Waals surface area contributed by atoms with E-state index in [0.29, 0.717) is 13.0 Å². The molecule has 0 saturated carbocycles. The van der Waals surface area contributed by atoms with Gasteiger partial charge in [0.2, 0.25) is 11.9 Å². The van der Waals surface area contributed by atoms with E-state index in [1.165, 1.54) is 0 Å². The number of piperidine rings is 1. The molecule has 1 heterocycles. The number of carbonyl (C=O) groups is 1. The van der Waals surface area contributed by atoms with Crippen molar-refractivity contribution in [1.82, 2.24) is 5.32 Å². The molecule has 1 amide bonds. The molecule has 0 aromatic carbocycles. The lowest BCUT2D eigenvalue weighted by Crippen LogP contribution is -2.40. The van der Waals surface area contributed by atoms with Crippen molar-refractivity contribution in [2.45, 2.75) is 18.9 Å². The predicted molar refractivity (Wildman–Crippen MR) is 53.5 cm³/mol. The summed E-state index contributed by atoms with van der Waals surface area (Å²) in [4.78, 5) is 18.6. The maximum atomic E-state index is 11.2. The number of aliphatic imine (C=N–C) groups is 2. The minimum atomic E-state index is -0.466. The van der Waals surface area contributed by atoms with Crippen LogP contribution in [0.4, 0.5) is 0 Å². The molecular weight excluding hydrogens is 184 g/mol. The maximum Gasteiger partial charge on any atom is 0.244 e. The van der Waals surface area contributed by atoms with Crippen LogP contribution >= 0.6 is 0 Å². The number of nitrogens with one attached hydrogen (secondary N) is 1. The van der Waals surface area contributed by atoms with Gasteiger partial charge in [-0.25, -0.2) is 4.99 Å². The van der Waals surface area contributed by atoms with Crippen molar-refractivity contribution >= 4 is 17.8 Å². The van der Waals surface area contributed by atoms with Crippen LogP contribution in [0.3, 0.4) is 0 Å². The van der Waals surface area contributed by atoms with Crippen LogP contribution in [-0.2, 0) is 4.79 Å². The highest BCUT2D eigenvalue weighted by Gasteiger charge is 2.21. The Morgan fingerprint density at radius 2 is 2.14 bits per heavy atom. The summed E-state index contributed by atoms with van der Waals surface area (Å²) in [5.74, 6) is -0.362. The van der Waals surface area contributed by atoms with Crippen LogP contribution in [0, 0.1) is 0 Å². The van der Waals surface area contributed by atoms with Crippen molar-refractivity contribution in [3.05, 3.63) is 0 Å². The van der Waals surface area contributed by atoms with Crippen molar-refractivity contribution in [1.29, 1.82) is 0 Å². The first-order chi connectivity index (χ1) is 6.59. The summed E-state index contributed by atoms with van der Waals surface area (Å²) < 4.78 is 0. The third kappa shape index (κ3) is 2.92. The fourth-order valence-corrected chi connectivity index (χ4v) is 1.20. The number of carbonyl (C=O) groups excluding carboxylic acids is 1. The minimum Gasteiger partial charge on any atom is -0.370 e. The predicted octanol–water partition coefficient (Wildman–Crippen LogP) is -2.15. The van der Waals surface area contributed by atoms with E-state index in [4.69, 9.17) is 17.2 Å². The molecule has 1 rings (SSSR count). The molecular formula is C7H14N6O. The third-order valence-corrected chi connectivity index (χ3v) is 1.79. The maximum absolute atomic E-state index is 11.2. The van der Waals surface area contributed by atoms with Crippen LogP contribution in [0.5, 0.6) is 0 Å². The van der Waals surface area contributed by atoms with E-state index in [-0.39, 0.29) is 17.8 Å². The number of nitrogens with two attached hydrogens (primary N) is 3. The first-order valence-electron chi connectivity index (χ1n) is 4.30. The van der Waals surface area contributed by atoms with E-state index in [1.807, 2.05) is 0 Å². The molecule has 0 spiro atoms. The number of hydrogen-bond donors (Lipinski definition) is 4. The van der Waals surface area contributed by atoms with E-state index in [9.17, 15) is 4.79 Å². The third-order valence-electron chi connectivity index (χ3n) is 1.79. The van der Waals surface area contributed by atoms with Crippen molar-refractivity contribution < 1.29 is 4.79 Å². The molecule has 7 N–H and O–H groups in total. The summed E-state index contributed by atoms with van der Waals surface area (Å²) in [5.41, 5.74) is 15.6. The highest BCUT2D eigenvalue weighted by atomic mass is 16.2. The number of hydrogen-bond acceptors (Lipinski definition) is 2. The van der Waals surface area contributed by atoms with Gasteiger partial charge in [0.25, 0.3) is 0 Å². The number of guanidine groups is 2. The van der Waals surface area contributed by atoms with E-state index >= 15 is 0 Å². The zero-order valence-electron chi connectivity index (χ0n) is 7.73. The number of nitrogens with zero attached hydrogens (tertiary/aromatic N) is 2. The molecule has 7 heteroatoms. The molecule has 1 atom stereocenters. The zero-order chi connectivity index (χ0) is 10.6. The Hall–Kier alpha value is -1.79. The molecule has 1 fully saturated rings. The topological polar surface area (TPSA) is 132 Å². The lowest BCUT2D eigenvalue weighted by Gasteiger charge is -2.18. The lowest BCUT2D eigenvalue weighted by atomic mass is 10.1. The number of rotatable bonds is 1. The lowest BCUT2D eigenvalue weighted by molar-refractivity contribution is -0.123. The summed E-state index contributed by atoms with van der Waals surface area (Å²) in [6.45, 7) is 0.688. The molecule has 0 aromatic heterocycles. The highest BCUT2D eigenvalue weighted by Crippen LogP contribution is 2.06. The van der Waals surface area contributed by atoms with Gasteiger partial charge >= 0.3 is 0 Å². The Morgan fingerprint density at radius 1 is 1.43 bits per heavy atom. The van der Waals surface area contributed by atoms with Crippen molar-refractivity contribution in [2.24, 2.45) is 27.2 Å². The van der Waals surface area contributed by atoms with Gasteiger partial charge in [0.05, 0.1) is 0 Å². The van der Waals surface area contributed by atoms with E-state index < -0.39 is 6.04 Å². The monoisotopic (exact) mass is 198 g/mol. The molecule has 0 bridgehead atoms. The van der Waals surface area contributed by atoms with E-state index in [0.717, 1.165) is 6.42 Å². The second-order valence-corrected chi connectivity index (χ2v) is 2.97. The summed E-state index contributed by atoms with van der Waals surface area (Å²) in [7, 11) is 0. The molecule has 1 saturated heterocycles. The fourth-order valence-electron chi connectivity index (χ4n) is 1.20. The standard InChI is InChI=1S/C7H14N6O/c8-6(9)13-7(10)12-4-2-1-3-11-5(4)14/h4H,1-3H2,(H,11,14)(H6,8,9,10,12,13). The van der Waals surface area contributed by atoms with Gasteiger partial charge in [-0.15, -0.1) is 0 Å². The first kappa shape index (κ1) is 10.3. The molecule has 0 radical (unpaired) electrons. The second-order valence-electron chi connectivity index (χ2n) is 2.97. The Balaban J connectivity index is 2.65. The van der Waals surface area contributed by atoms with Crippen LogP contribution in [0.25, 0.3) is 0 Å². The fraction of sp³-hybridized carbons (Fsp3) is 0.571. The average Bonchev–Trinajstić information content (AvgIpc) is 2.07. The molecule has 0 aromatic rings. The quantitative estimate of drug-likeness (QED) is 0.282.